The zero-order valence-electron chi connectivity index (χ0n) is 19.4. The Morgan fingerprint density at radius 1 is 0.871 bits per heavy atom. The second-order valence-electron chi connectivity index (χ2n) is 7.72. The molecule has 0 N–H and O–H groups in total. The van der Waals surface area contributed by atoms with Crippen molar-refractivity contribution in [1.29, 1.82) is 0 Å². The van der Waals surface area contributed by atoms with Crippen LogP contribution in [-0.4, -0.2) is 20.3 Å². The first-order chi connectivity index (χ1) is 15.2. The first-order valence-corrected chi connectivity index (χ1v) is 11.8. The van der Waals surface area contributed by atoms with Crippen molar-refractivity contribution in [3.8, 4) is 17.2 Å². The molecule has 1 aromatic heterocycles. The van der Waals surface area contributed by atoms with Crippen LogP contribution in [-0.2, 0) is 0 Å². The Hall–Kier alpha value is -2.43. The Balaban J connectivity index is 2.05. The Labute approximate surface area is 186 Å². The maximum atomic E-state index is 12.3. The summed E-state index contributed by atoms with van der Waals surface area (Å²) in [6.07, 6.45) is 15.9. The van der Waals surface area contributed by atoms with Gasteiger partial charge in [0.05, 0.1) is 20.3 Å². The summed E-state index contributed by atoms with van der Waals surface area (Å²) in [4.78, 5) is 12.3. The molecule has 5 nitrogen and oxygen atoms in total. The number of fused-ring (bicyclic) bond motifs is 1. The molecular formula is C26H38O5. The molecule has 1 heterocycles. The van der Waals surface area contributed by atoms with Crippen molar-refractivity contribution in [1.82, 2.24) is 0 Å². The van der Waals surface area contributed by atoms with Crippen LogP contribution in [0.15, 0.2) is 39.6 Å². The fraction of sp³-hybridized carbons (Fsp3) is 0.577. The van der Waals surface area contributed by atoms with Crippen molar-refractivity contribution in [3.05, 3.63) is 40.8 Å². The average Bonchev–Trinajstić information content (AvgIpc) is 2.77. The van der Waals surface area contributed by atoms with Gasteiger partial charge in [-0.15, -0.1) is 0 Å². The van der Waals surface area contributed by atoms with E-state index in [4.69, 9.17) is 18.6 Å². The van der Waals surface area contributed by atoms with Gasteiger partial charge in [-0.1, -0.05) is 77.0 Å². The van der Waals surface area contributed by atoms with Crippen molar-refractivity contribution in [3.63, 3.8) is 0 Å². The van der Waals surface area contributed by atoms with E-state index in [2.05, 4.69) is 26.0 Å². The first kappa shape index (κ1) is 24.8. The molecule has 172 valence electrons. The van der Waals surface area contributed by atoms with Crippen LogP contribution in [0.25, 0.3) is 11.0 Å². The number of hydrogen-bond donors (Lipinski definition) is 0. The fourth-order valence-electron chi connectivity index (χ4n) is 3.54. The number of methoxy groups -OCH3 is 1. The fourth-order valence-corrected chi connectivity index (χ4v) is 3.54. The lowest BCUT2D eigenvalue weighted by atomic mass is 10.1. The molecule has 0 aliphatic carbocycles. The Morgan fingerprint density at radius 2 is 1.61 bits per heavy atom. The zero-order valence-corrected chi connectivity index (χ0v) is 19.4. The van der Waals surface area contributed by atoms with E-state index in [-0.39, 0.29) is 5.75 Å². The third-order valence-corrected chi connectivity index (χ3v) is 5.20. The second kappa shape index (κ2) is 14.6. The van der Waals surface area contributed by atoms with Gasteiger partial charge < -0.3 is 18.6 Å². The van der Waals surface area contributed by atoms with Gasteiger partial charge in [-0.05, 0) is 31.4 Å². The van der Waals surface area contributed by atoms with Gasteiger partial charge >= 0.3 is 5.63 Å². The molecule has 0 aliphatic rings. The van der Waals surface area contributed by atoms with E-state index in [1.165, 1.54) is 45.6 Å². The lowest BCUT2D eigenvalue weighted by molar-refractivity contribution is 0.286. The topological polar surface area (TPSA) is 57.9 Å². The molecule has 0 amide bonds. The number of benzene rings is 1. The highest BCUT2D eigenvalue weighted by atomic mass is 16.5. The van der Waals surface area contributed by atoms with Crippen LogP contribution in [0, 0.1) is 0 Å². The van der Waals surface area contributed by atoms with E-state index >= 15 is 0 Å². The van der Waals surface area contributed by atoms with E-state index in [1.54, 1.807) is 6.07 Å². The molecule has 2 rings (SSSR count). The molecular weight excluding hydrogens is 392 g/mol. The predicted molar refractivity (Wildman–Crippen MR) is 127 cm³/mol. The zero-order chi connectivity index (χ0) is 22.3. The minimum atomic E-state index is -0.547. The maximum absolute atomic E-state index is 12.3. The van der Waals surface area contributed by atoms with E-state index in [0.29, 0.717) is 35.7 Å². The van der Waals surface area contributed by atoms with Gasteiger partial charge in [0.15, 0.2) is 5.75 Å². The summed E-state index contributed by atoms with van der Waals surface area (Å²) in [6.45, 7) is 5.39. The third-order valence-electron chi connectivity index (χ3n) is 5.20. The van der Waals surface area contributed by atoms with E-state index in [9.17, 15) is 4.79 Å². The summed E-state index contributed by atoms with van der Waals surface area (Å²) in [5.41, 5.74) is -0.104. The number of allylic oxidation sites excluding steroid dienone is 1. The summed E-state index contributed by atoms with van der Waals surface area (Å²) in [5.74, 6) is 1.13. The van der Waals surface area contributed by atoms with E-state index in [0.717, 1.165) is 25.7 Å². The number of hydrogen-bond acceptors (Lipinski definition) is 5. The summed E-state index contributed by atoms with van der Waals surface area (Å²) in [5, 5.41) is 0.651. The lowest BCUT2D eigenvalue weighted by Crippen LogP contribution is -2.09. The van der Waals surface area contributed by atoms with Gasteiger partial charge in [0, 0.05) is 0 Å². The van der Waals surface area contributed by atoms with Gasteiger partial charge in [-0.2, -0.15) is 0 Å². The second-order valence-corrected chi connectivity index (χ2v) is 7.72. The van der Waals surface area contributed by atoms with Gasteiger partial charge in [-0.3, -0.25) is 0 Å². The smallest absolute Gasteiger partial charge is 0.383 e. The molecule has 31 heavy (non-hydrogen) atoms. The maximum Gasteiger partial charge on any atom is 0.383 e. The van der Waals surface area contributed by atoms with Crippen LogP contribution in [0.2, 0.25) is 0 Å². The SMILES string of the molecule is CCC=CCCOc1c(OC)c(=O)oc2cccc(OCCCCCCCCCC)c12. The largest absolute Gasteiger partial charge is 0.493 e. The Morgan fingerprint density at radius 3 is 2.32 bits per heavy atom. The van der Waals surface area contributed by atoms with Crippen LogP contribution in [0.1, 0.15) is 78.1 Å². The van der Waals surface area contributed by atoms with Crippen molar-refractivity contribution < 1.29 is 18.6 Å². The average molecular weight is 431 g/mol. The van der Waals surface area contributed by atoms with E-state index < -0.39 is 5.63 Å². The summed E-state index contributed by atoms with van der Waals surface area (Å²) in [7, 11) is 1.45. The number of ether oxygens (including phenoxy) is 3. The molecule has 0 spiro atoms. The summed E-state index contributed by atoms with van der Waals surface area (Å²) >= 11 is 0. The summed E-state index contributed by atoms with van der Waals surface area (Å²) < 4.78 is 22.8. The molecule has 0 radical (unpaired) electrons. The molecule has 0 bridgehead atoms. The molecule has 1 aromatic carbocycles. The monoisotopic (exact) mass is 430 g/mol. The van der Waals surface area contributed by atoms with Crippen LogP contribution >= 0.6 is 0 Å². The predicted octanol–water partition coefficient (Wildman–Crippen LogP) is 7.06. The molecule has 0 saturated carbocycles. The highest BCUT2D eigenvalue weighted by Crippen LogP contribution is 2.39. The molecule has 0 atom stereocenters. The van der Waals surface area contributed by atoms with Gasteiger partial charge in [0.25, 0.3) is 0 Å². The van der Waals surface area contributed by atoms with Crippen LogP contribution in [0.5, 0.6) is 17.2 Å². The van der Waals surface area contributed by atoms with Crippen molar-refractivity contribution >= 4 is 11.0 Å². The third kappa shape index (κ3) is 7.97. The van der Waals surface area contributed by atoms with Crippen molar-refractivity contribution in [2.24, 2.45) is 0 Å². The van der Waals surface area contributed by atoms with Gasteiger partial charge in [0.1, 0.15) is 16.7 Å². The lowest BCUT2D eigenvalue weighted by Gasteiger charge is -2.15. The Kier molecular flexibility index (Phi) is 11.7. The first-order valence-electron chi connectivity index (χ1n) is 11.8. The minimum Gasteiger partial charge on any atom is -0.493 e. The van der Waals surface area contributed by atoms with Crippen molar-refractivity contribution in [2.45, 2.75) is 78.1 Å². The number of unbranched alkanes of at least 4 members (excludes halogenated alkanes) is 7. The van der Waals surface area contributed by atoms with Gasteiger partial charge in [-0.25, -0.2) is 4.79 Å². The summed E-state index contributed by atoms with van der Waals surface area (Å²) in [6, 6.07) is 5.47. The number of rotatable bonds is 16. The normalized spacial score (nSPS) is 11.3. The molecule has 0 saturated heterocycles. The van der Waals surface area contributed by atoms with E-state index in [1.807, 2.05) is 12.1 Å². The molecule has 0 fully saturated rings. The highest BCUT2D eigenvalue weighted by molar-refractivity contribution is 5.91. The minimum absolute atomic E-state index is 0.0788. The standard InChI is InChI=1S/C26H38O5/c1-4-6-8-10-11-12-13-15-19-29-21-17-16-18-22-23(21)24(25(28-3)26(27)31-22)30-20-14-9-7-5-2/h7,9,16-18H,4-6,8,10-15,19-20H2,1-3H3. The quantitative estimate of drug-likeness (QED) is 0.162. The molecule has 0 unspecified atom stereocenters. The highest BCUT2D eigenvalue weighted by Gasteiger charge is 2.20. The Bertz CT molecular complexity index is 853. The molecule has 5 heteroatoms. The molecule has 0 aliphatic heterocycles. The van der Waals surface area contributed by atoms with Gasteiger partial charge in [0.2, 0.25) is 5.75 Å². The van der Waals surface area contributed by atoms with Crippen LogP contribution in [0.3, 0.4) is 0 Å². The van der Waals surface area contributed by atoms with Crippen LogP contribution in [0.4, 0.5) is 0 Å². The van der Waals surface area contributed by atoms with Crippen molar-refractivity contribution in [2.75, 3.05) is 20.3 Å². The van der Waals surface area contributed by atoms with Crippen LogP contribution < -0.4 is 19.8 Å². The molecule has 2 aromatic rings.